The molecule has 2 aromatic carbocycles. The number of thioether (sulfide) groups is 1. The lowest BCUT2D eigenvalue weighted by atomic mass is 10.1. The molecule has 0 spiro atoms. The Balaban J connectivity index is 1.53. The van der Waals surface area contributed by atoms with Gasteiger partial charge in [0.25, 0.3) is 0 Å². The highest BCUT2D eigenvalue weighted by molar-refractivity contribution is 8.14. The van der Waals surface area contributed by atoms with Gasteiger partial charge in [-0.3, -0.25) is 9.59 Å². The molecular formula is C26H25NO5S. The molecule has 6 nitrogen and oxygen atoms in total. The van der Waals surface area contributed by atoms with Gasteiger partial charge in [-0.1, -0.05) is 36.0 Å². The zero-order chi connectivity index (χ0) is 23.4. The molecule has 4 aromatic rings. The van der Waals surface area contributed by atoms with Crippen molar-refractivity contribution in [1.29, 1.82) is 0 Å². The quantitative estimate of drug-likeness (QED) is 0.308. The van der Waals surface area contributed by atoms with Crippen LogP contribution < -0.4 is 0 Å². The molecule has 0 radical (unpaired) electrons. The summed E-state index contributed by atoms with van der Waals surface area (Å²) in [5, 5.41) is 0.250. The summed E-state index contributed by atoms with van der Waals surface area (Å²) in [5.41, 5.74) is 3.45. The molecule has 1 unspecified atom stereocenters. The number of ether oxygens (including phenoxy) is 1. The summed E-state index contributed by atoms with van der Waals surface area (Å²) < 4.78 is 17.0. The SMILES string of the molecule is CCOC(=O)C(Cc1ccc2oc(Cc3nc(-c4ccccc4)oc3C)cc2c1)SC(C)=O. The Morgan fingerprint density at radius 1 is 1.09 bits per heavy atom. The Labute approximate surface area is 196 Å². The van der Waals surface area contributed by atoms with Crippen molar-refractivity contribution in [3.63, 3.8) is 0 Å². The number of hydrogen-bond acceptors (Lipinski definition) is 7. The smallest absolute Gasteiger partial charge is 0.319 e. The minimum atomic E-state index is -0.569. The fraction of sp³-hybridized carbons (Fsp3) is 0.269. The van der Waals surface area contributed by atoms with E-state index < -0.39 is 5.25 Å². The third kappa shape index (κ3) is 5.54. The standard InChI is InChI=1S/C26H25NO5S/c1-4-30-26(29)24(33-17(3)28)13-18-10-11-23-20(12-18)14-21(32-23)15-22-16(2)31-25(27-22)19-8-6-5-7-9-19/h5-12,14,24H,4,13,15H2,1-3H3. The van der Waals surface area contributed by atoms with E-state index in [0.29, 0.717) is 18.7 Å². The van der Waals surface area contributed by atoms with Gasteiger partial charge in [-0.15, -0.1) is 0 Å². The van der Waals surface area contributed by atoms with Gasteiger partial charge in [0, 0.05) is 17.9 Å². The molecule has 2 heterocycles. The number of esters is 1. The number of furan rings is 1. The Bertz CT molecular complexity index is 1270. The van der Waals surface area contributed by atoms with Crippen LogP contribution in [0.15, 0.2) is 63.4 Å². The molecule has 0 N–H and O–H groups in total. The minimum absolute atomic E-state index is 0.113. The van der Waals surface area contributed by atoms with E-state index in [1.807, 2.05) is 61.5 Å². The third-order valence-electron chi connectivity index (χ3n) is 5.17. The lowest BCUT2D eigenvalue weighted by Gasteiger charge is -2.13. The van der Waals surface area contributed by atoms with E-state index in [1.165, 1.54) is 6.92 Å². The summed E-state index contributed by atoms with van der Waals surface area (Å²) in [4.78, 5) is 28.5. The second-order valence-corrected chi connectivity index (χ2v) is 9.08. The summed E-state index contributed by atoms with van der Waals surface area (Å²) in [6.45, 7) is 5.40. The first-order chi connectivity index (χ1) is 15.9. The molecule has 0 aliphatic carbocycles. The number of hydrogen-bond donors (Lipinski definition) is 0. The summed E-state index contributed by atoms with van der Waals surface area (Å²) in [7, 11) is 0. The van der Waals surface area contributed by atoms with Crippen LogP contribution in [-0.4, -0.2) is 27.9 Å². The maximum atomic E-state index is 12.3. The molecule has 0 aliphatic rings. The van der Waals surface area contributed by atoms with Crippen LogP contribution in [0.3, 0.4) is 0 Å². The number of nitrogens with zero attached hydrogens (tertiary/aromatic N) is 1. The first-order valence-corrected chi connectivity index (χ1v) is 11.7. The van der Waals surface area contributed by atoms with Crippen molar-refractivity contribution < 1.29 is 23.2 Å². The molecular weight excluding hydrogens is 438 g/mol. The van der Waals surface area contributed by atoms with E-state index in [9.17, 15) is 9.59 Å². The normalized spacial score (nSPS) is 12.1. The van der Waals surface area contributed by atoms with Crippen LogP contribution in [-0.2, 0) is 27.2 Å². The Morgan fingerprint density at radius 2 is 1.88 bits per heavy atom. The molecule has 7 heteroatoms. The lowest BCUT2D eigenvalue weighted by Crippen LogP contribution is -2.24. The maximum Gasteiger partial charge on any atom is 0.319 e. The molecule has 0 saturated heterocycles. The topological polar surface area (TPSA) is 82.5 Å². The van der Waals surface area contributed by atoms with Crippen molar-refractivity contribution in [2.24, 2.45) is 0 Å². The van der Waals surface area contributed by atoms with Crippen LogP contribution in [0.5, 0.6) is 0 Å². The molecule has 0 fully saturated rings. The Morgan fingerprint density at radius 3 is 2.61 bits per heavy atom. The van der Waals surface area contributed by atoms with Gasteiger partial charge in [-0.05, 0) is 56.2 Å². The predicted octanol–water partition coefficient (Wildman–Crippen LogP) is 5.74. The van der Waals surface area contributed by atoms with E-state index >= 15 is 0 Å². The summed E-state index contributed by atoms with van der Waals surface area (Å²) in [5.74, 6) is 1.75. The summed E-state index contributed by atoms with van der Waals surface area (Å²) in [6, 6.07) is 17.6. The molecule has 0 bridgehead atoms. The number of rotatable bonds is 8. The second-order valence-electron chi connectivity index (χ2n) is 7.70. The van der Waals surface area contributed by atoms with Crippen molar-refractivity contribution >= 4 is 33.8 Å². The van der Waals surface area contributed by atoms with Gasteiger partial charge in [0.05, 0.1) is 18.7 Å². The number of carbonyl (C=O) groups is 2. The number of oxazole rings is 1. The largest absolute Gasteiger partial charge is 0.465 e. The number of benzene rings is 2. The molecule has 33 heavy (non-hydrogen) atoms. The second kappa shape index (κ2) is 10.1. The molecule has 0 amide bonds. The highest BCUT2D eigenvalue weighted by Crippen LogP contribution is 2.28. The van der Waals surface area contributed by atoms with Crippen molar-refractivity contribution in [3.8, 4) is 11.5 Å². The first kappa shape index (κ1) is 22.9. The van der Waals surface area contributed by atoms with E-state index in [1.54, 1.807) is 6.92 Å². The van der Waals surface area contributed by atoms with Crippen molar-refractivity contribution in [2.75, 3.05) is 6.61 Å². The Kier molecular flexibility index (Phi) is 6.99. The third-order valence-corrected chi connectivity index (χ3v) is 6.14. The fourth-order valence-electron chi connectivity index (χ4n) is 3.65. The number of aromatic nitrogens is 1. The van der Waals surface area contributed by atoms with Gasteiger partial charge in [-0.2, -0.15) is 0 Å². The molecule has 0 saturated carbocycles. The van der Waals surface area contributed by atoms with E-state index in [0.717, 1.165) is 51.1 Å². The van der Waals surface area contributed by atoms with E-state index in [-0.39, 0.29) is 17.7 Å². The number of fused-ring (bicyclic) bond motifs is 1. The maximum absolute atomic E-state index is 12.3. The summed E-state index contributed by atoms with van der Waals surface area (Å²) in [6.07, 6.45) is 0.917. The molecule has 1 atom stereocenters. The number of carbonyl (C=O) groups excluding carboxylic acids is 2. The summed E-state index contributed by atoms with van der Waals surface area (Å²) >= 11 is 1.00. The molecule has 0 aliphatic heterocycles. The van der Waals surface area contributed by atoms with Crippen LogP contribution in [0.1, 0.15) is 36.6 Å². The van der Waals surface area contributed by atoms with Crippen molar-refractivity contribution in [1.82, 2.24) is 4.98 Å². The van der Waals surface area contributed by atoms with Gasteiger partial charge >= 0.3 is 5.97 Å². The van der Waals surface area contributed by atoms with Crippen LogP contribution in [0.25, 0.3) is 22.4 Å². The van der Waals surface area contributed by atoms with Crippen LogP contribution in [0.2, 0.25) is 0 Å². The molecule has 4 rings (SSSR count). The Hall–Kier alpha value is -3.32. The van der Waals surface area contributed by atoms with Crippen LogP contribution in [0.4, 0.5) is 0 Å². The van der Waals surface area contributed by atoms with Crippen LogP contribution >= 0.6 is 11.8 Å². The van der Waals surface area contributed by atoms with Gasteiger partial charge in [0.2, 0.25) is 5.89 Å². The lowest BCUT2D eigenvalue weighted by molar-refractivity contribution is -0.142. The van der Waals surface area contributed by atoms with E-state index in [4.69, 9.17) is 13.6 Å². The predicted molar refractivity (Wildman–Crippen MR) is 128 cm³/mol. The highest BCUT2D eigenvalue weighted by atomic mass is 32.2. The van der Waals surface area contributed by atoms with Gasteiger partial charge in [0.1, 0.15) is 22.4 Å². The molecule has 170 valence electrons. The highest BCUT2D eigenvalue weighted by Gasteiger charge is 2.23. The van der Waals surface area contributed by atoms with Gasteiger partial charge in [-0.25, -0.2) is 4.98 Å². The van der Waals surface area contributed by atoms with Gasteiger partial charge < -0.3 is 13.6 Å². The average molecular weight is 464 g/mol. The first-order valence-electron chi connectivity index (χ1n) is 10.8. The van der Waals surface area contributed by atoms with E-state index in [2.05, 4.69) is 4.98 Å². The fourth-order valence-corrected chi connectivity index (χ4v) is 4.49. The number of aryl methyl sites for hydroxylation is 1. The zero-order valence-electron chi connectivity index (χ0n) is 18.8. The minimum Gasteiger partial charge on any atom is -0.465 e. The van der Waals surface area contributed by atoms with Crippen LogP contribution in [0, 0.1) is 6.92 Å². The molecule has 2 aromatic heterocycles. The monoisotopic (exact) mass is 463 g/mol. The zero-order valence-corrected chi connectivity index (χ0v) is 19.6. The van der Waals surface area contributed by atoms with Crippen molar-refractivity contribution in [3.05, 3.63) is 77.4 Å². The van der Waals surface area contributed by atoms with Crippen molar-refractivity contribution in [2.45, 2.75) is 38.9 Å². The van der Waals surface area contributed by atoms with Gasteiger partial charge in [0.15, 0.2) is 5.12 Å². The average Bonchev–Trinajstić information content (AvgIpc) is 3.36.